The van der Waals surface area contributed by atoms with Gasteiger partial charge in [-0.15, -0.1) is 0 Å². The fourth-order valence-corrected chi connectivity index (χ4v) is 7.80. The Labute approximate surface area is 356 Å². The van der Waals surface area contributed by atoms with Gasteiger partial charge in [-0.1, -0.05) is 38.1 Å². The van der Waals surface area contributed by atoms with Crippen LogP contribution in [0, 0.1) is 0 Å². The number of nitrogens with one attached hydrogen (secondary N) is 2. The molecule has 1 aliphatic rings. The molecule has 0 bridgehead atoms. The second-order valence-electron chi connectivity index (χ2n) is 14.9. The molecule has 0 atom stereocenters. The van der Waals surface area contributed by atoms with E-state index in [1.54, 1.807) is 34.9 Å². The maximum atomic E-state index is 13.7. The number of likely N-dealkylation sites (N-methyl/N-ethyl adjacent to an activating group) is 2. The van der Waals surface area contributed by atoms with E-state index in [1.807, 2.05) is 43.4 Å². The molecule has 322 valence electrons. The summed E-state index contributed by atoms with van der Waals surface area (Å²) in [6, 6.07) is 21.4. The highest BCUT2D eigenvalue weighted by Gasteiger charge is 2.30. The van der Waals surface area contributed by atoms with E-state index in [2.05, 4.69) is 39.3 Å². The molecule has 3 amide bonds. The van der Waals surface area contributed by atoms with Crippen molar-refractivity contribution in [2.45, 2.75) is 64.4 Å². The number of carbonyl (C=O) groups is 3. The molecule has 0 spiro atoms. The van der Waals surface area contributed by atoms with Gasteiger partial charge in [0.1, 0.15) is 0 Å². The van der Waals surface area contributed by atoms with Crippen LogP contribution < -0.4 is 15.5 Å². The molecule has 0 saturated carbocycles. The number of halogens is 3. The van der Waals surface area contributed by atoms with E-state index in [4.69, 9.17) is 4.74 Å². The maximum absolute atomic E-state index is 13.7. The van der Waals surface area contributed by atoms with Crippen molar-refractivity contribution in [2.24, 2.45) is 0 Å². The van der Waals surface area contributed by atoms with Crippen LogP contribution >= 0.6 is 11.8 Å². The van der Waals surface area contributed by atoms with Crippen molar-refractivity contribution in [1.29, 1.82) is 0 Å². The van der Waals surface area contributed by atoms with Gasteiger partial charge >= 0.3 is 6.18 Å². The number of hydrogen-bond donors (Lipinski definition) is 2. The van der Waals surface area contributed by atoms with Gasteiger partial charge in [0.25, 0.3) is 11.8 Å². The predicted molar refractivity (Wildman–Crippen MR) is 234 cm³/mol. The number of anilines is 2. The summed E-state index contributed by atoms with van der Waals surface area (Å²) in [5, 5.41) is 5.80. The third kappa shape index (κ3) is 14.1. The lowest BCUT2D eigenvalue weighted by Crippen LogP contribution is -2.36. The van der Waals surface area contributed by atoms with Crippen LogP contribution in [0.4, 0.5) is 24.5 Å². The van der Waals surface area contributed by atoms with E-state index in [1.165, 1.54) is 24.8 Å². The molecule has 1 aromatic heterocycles. The second-order valence-corrected chi connectivity index (χ2v) is 16.0. The van der Waals surface area contributed by atoms with Gasteiger partial charge in [-0.05, 0) is 110 Å². The molecule has 0 aliphatic carbocycles. The summed E-state index contributed by atoms with van der Waals surface area (Å²) in [7, 11) is 1.84. The number of piperidine rings is 1. The Morgan fingerprint density at radius 1 is 0.850 bits per heavy atom. The number of thioether (sulfide) groups is 1. The SMILES string of the molecule is CCN(CC)CCN(C)C(=O)CCOCCCSCc1cccc(C(=O)Nc2ccc(N3CCCCC3)cc2-c2cc(C(=O)NCc3cccc(C(F)(F)F)c3)ccn2)c1. The summed E-state index contributed by atoms with van der Waals surface area (Å²) in [4.78, 5) is 50.4. The molecule has 2 N–H and O–H groups in total. The van der Waals surface area contributed by atoms with Crippen molar-refractivity contribution in [2.75, 3.05) is 75.5 Å². The third-order valence-electron chi connectivity index (χ3n) is 10.5. The smallest absolute Gasteiger partial charge is 0.381 e. The minimum Gasteiger partial charge on any atom is -0.381 e. The highest BCUT2D eigenvalue weighted by Crippen LogP contribution is 2.34. The Kier molecular flexibility index (Phi) is 17.8. The minimum atomic E-state index is -4.48. The van der Waals surface area contributed by atoms with E-state index in [-0.39, 0.29) is 23.9 Å². The monoisotopic (exact) mass is 846 g/mol. The molecule has 10 nitrogen and oxygen atoms in total. The number of aromatic nitrogens is 1. The summed E-state index contributed by atoms with van der Waals surface area (Å²) in [5.41, 5.74) is 3.96. The van der Waals surface area contributed by atoms with Crippen LogP contribution in [0.25, 0.3) is 11.3 Å². The molecule has 1 saturated heterocycles. The molecule has 60 heavy (non-hydrogen) atoms. The van der Waals surface area contributed by atoms with Gasteiger partial charge in [-0.3, -0.25) is 19.4 Å². The van der Waals surface area contributed by atoms with Crippen molar-refractivity contribution in [3.8, 4) is 11.3 Å². The Balaban J connectivity index is 1.17. The number of carbonyl (C=O) groups excluding carboxylic acids is 3. The van der Waals surface area contributed by atoms with Crippen LogP contribution in [-0.2, 0) is 28.0 Å². The molecule has 14 heteroatoms. The van der Waals surface area contributed by atoms with Gasteiger partial charge in [-0.25, -0.2) is 0 Å². The molecule has 1 fully saturated rings. The summed E-state index contributed by atoms with van der Waals surface area (Å²) < 4.78 is 45.5. The van der Waals surface area contributed by atoms with Crippen molar-refractivity contribution in [3.63, 3.8) is 0 Å². The van der Waals surface area contributed by atoms with Gasteiger partial charge in [0.15, 0.2) is 0 Å². The van der Waals surface area contributed by atoms with Crippen molar-refractivity contribution in [1.82, 2.24) is 20.1 Å². The van der Waals surface area contributed by atoms with E-state index in [9.17, 15) is 27.6 Å². The van der Waals surface area contributed by atoms with Gasteiger partial charge < -0.3 is 30.1 Å². The number of ether oxygens (including phenoxy) is 1. The third-order valence-corrected chi connectivity index (χ3v) is 11.7. The van der Waals surface area contributed by atoms with E-state index in [0.717, 1.165) is 86.9 Å². The number of alkyl halides is 3. The molecule has 5 rings (SSSR count). The van der Waals surface area contributed by atoms with Gasteiger partial charge in [-0.2, -0.15) is 24.9 Å². The molecular weight excluding hydrogens is 790 g/mol. The summed E-state index contributed by atoms with van der Waals surface area (Å²) >= 11 is 1.75. The number of hydrogen-bond acceptors (Lipinski definition) is 8. The zero-order valence-corrected chi connectivity index (χ0v) is 35.7. The quantitative estimate of drug-likeness (QED) is 0.0803. The highest BCUT2D eigenvalue weighted by atomic mass is 32.2. The summed E-state index contributed by atoms with van der Waals surface area (Å²) in [6.45, 7) is 10.5. The van der Waals surface area contributed by atoms with Crippen LogP contribution in [0.1, 0.15) is 83.4 Å². The molecule has 0 radical (unpaired) electrons. The van der Waals surface area contributed by atoms with Crippen LogP contribution in [-0.4, -0.2) is 97.8 Å². The number of pyridine rings is 1. The average molecular weight is 847 g/mol. The Morgan fingerprint density at radius 2 is 1.60 bits per heavy atom. The summed E-state index contributed by atoms with van der Waals surface area (Å²) in [6.07, 6.45) is 1.57. The Hall–Kier alpha value is -4.92. The van der Waals surface area contributed by atoms with Gasteiger partial charge in [0, 0.05) is 80.7 Å². The summed E-state index contributed by atoms with van der Waals surface area (Å²) in [5.74, 6) is 0.933. The first-order valence-corrected chi connectivity index (χ1v) is 21.9. The molecule has 0 unspecified atom stereocenters. The zero-order chi connectivity index (χ0) is 42.9. The van der Waals surface area contributed by atoms with Crippen molar-refractivity contribution in [3.05, 3.63) is 113 Å². The number of benzene rings is 3. The first kappa shape index (κ1) is 46.2. The van der Waals surface area contributed by atoms with Crippen LogP contribution in [0.5, 0.6) is 0 Å². The normalized spacial score (nSPS) is 13.0. The van der Waals surface area contributed by atoms with Gasteiger partial charge in [0.05, 0.1) is 30.0 Å². The van der Waals surface area contributed by atoms with Crippen LogP contribution in [0.15, 0.2) is 85.1 Å². The predicted octanol–water partition coefficient (Wildman–Crippen LogP) is 8.77. The van der Waals surface area contributed by atoms with E-state index in [0.29, 0.717) is 54.3 Å². The topological polar surface area (TPSA) is 107 Å². The molecular formula is C46H57F3N6O4S. The Morgan fingerprint density at radius 3 is 2.37 bits per heavy atom. The average Bonchev–Trinajstić information content (AvgIpc) is 3.27. The minimum absolute atomic E-state index is 0.0859. The van der Waals surface area contributed by atoms with Gasteiger partial charge in [0.2, 0.25) is 5.91 Å². The molecule has 2 heterocycles. The fourth-order valence-electron chi connectivity index (χ4n) is 6.92. The van der Waals surface area contributed by atoms with E-state index < -0.39 is 17.6 Å². The largest absolute Gasteiger partial charge is 0.416 e. The lowest BCUT2D eigenvalue weighted by molar-refractivity contribution is -0.137. The standard InChI is InChI=1S/C46H57F3N6O4S/c1-4-54(5-2)24-23-53(3)43(56)19-26-59-25-11-27-60-33-35-13-9-14-36(28-35)45(58)52-41-17-16-39(55-21-7-6-8-22-55)31-40(41)42-30-37(18-20-50-42)44(57)51-32-34-12-10-15-38(29-34)46(47,48)49/h9-10,12-18,20,28-31H,4-8,11,19,21-27,32-33H2,1-3H3,(H,51,57)(H,52,58). The second kappa shape index (κ2) is 23.2. The van der Waals surface area contributed by atoms with Crippen molar-refractivity contribution < 1.29 is 32.3 Å². The lowest BCUT2D eigenvalue weighted by atomic mass is 10.0. The molecule has 1 aliphatic heterocycles. The fraction of sp³-hybridized carbons (Fsp3) is 0.435. The van der Waals surface area contributed by atoms with Crippen LogP contribution in [0.3, 0.4) is 0 Å². The number of nitrogens with zero attached hydrogens (tertiary/aromatic N) is 4. The van der Waals surface area contributed by atoms with E-state index >= 15 is 0 Å². The van der Waals surface area contributed by atoms with Crippen molar-refractivity contribution >= 4 is 40.9 Å². The molecule has 3 aromatic carbocycles. The van der Waals surface area contributed by atoms with Crippen LogP contribution in [0.2, 0.25) is 0 Å². The lowest BCUT2D eigenvalue weighted by Gasteiger charge is -2.29. The Bertz CT molecular complexity index is 2020. The number of amides is 3. The first-order chi connectivity index (χ1) is 28.9. The first-order valence-electron chi connectivity index (χ1n) is 20.8. The maximum Gasteiger partial charge on any atom is 0.416 e. The zero-order valence-electron chi connectivity index (χ0n) is 34.9. The number of rotatable bonds is 21. The highest BCUT2D eigenvalue weighted by molar-refractivity contribution is 7.98. The molecule has 4 aromatic rings.